The van der Waals surface area contributed by atoms with Crippen molar-refractivity contribution in [3.63, 3.8) is 0 Å². The van der Waals surface area contributed by atoms with E-state index in [-0.39, 0.29) is 17.1 Å². The molecule has 0 aliphatic carbocycles. The minimum Gasteiger partial charge on any atom is -0.371 e. The Hall–Kier alpha value is -3.46. The molecule has 1 aliphatic heterocycles. The highest BCUT2D eigenvalue weighted by Crippen LogP contribution is 2.33. The van der Waals surface area contributed by atoms with Gasteiger partial charge in [-0.1, -0.05) is 6.92 Å². The van der Waals surface area contributed by atoms with E-state index in [1.165, 1.54) is 6.07 Å². The number of pyridine rings is 1. The number of benzene rings is 1. The highest BCUT2D eigenvalue weighted by atomic mass is 19.1. The first-order chi connectivity index (χ1) is 16.8. The van der Waals surface area contributed by atoms with Gasteiger partial charge in [0.2, 0.25) is 0 Å². The van der Waals surface area contributed by atoms with E-state index in [0.717, 1.165) is 43.5 Å². The molecule has 1 amide bonds. The van der Waals surface area contributed by atoms with E-state index >= 15 is 0 Å². The predicted octanol–water partition coefficient (Wildman–Crippen LogP) is 4.37. The molecule has 2 N–H and O–H groups in total. The van der Waals surface area contributed by atoms with E-state index in [2.05, 4.69) is 34.4 Å². The zero-order valence-corrected chi connectivity index (χ0v) is 20.7. The summed E-state index contributed by atoms with van der Waals surface area (Å²) in [5, 5.41) is 12.1. The van der Waals surface area contributed by atoms with Crippen LogP contribution in [0, 0.1) is 12.7 Å². The number of aromatic nitrogens is 4. The van der Waals surface area contributed by atoms with Gasteiger partial charge in [-0.2, -0.15) is 5.10 Å². The SMILES string of the molecule is CCNC1(C)CCN(c2ccc(C(=O)Nc3cc(F)c4nc(C)cn4c3)c3nn(CC)cc23)CC1. The molecule has 0 saturated carbocycles. The third-order valence-corrected chi connectivity index (χ3v) is 6.97. The van der Waals surface area contributed by atoms with E-state index in [1.807, 2.05) is 29.9 Å². The molecule has 35 heavy (non-hydrogen) atoms. The van der Waals surface area contributed by atoms with Crippen LogP contribution in [0.5, 0.6) is 0 Å². The summed E-state index contributed by atoms with van der Waals surface area (Å²) in [6.07, 6.45) is 7.51. The molecule has 9 heteroatoms. The number of aryl methyl sites for hydroxylation is 2. The fraction of sp³-hybridized carbons (Fsp3) is 0.423. The van der Waals surface area contributed by atoms with Crippen LogP contribution in [0.4, 0.5) is 15.8 Å². The molecule has 0 bridgehead atoms. The summed E-state index contributed by atoms with van der Waals surface area (Å²) in [7, 11) is 0. The van der Waals surface area contributed by atoms with Gasteiger partial charge in [0, 0.05) is 60.9 Å². The van der Waals surface area contributed by atoms with E-state index < -0.39 is 5.82 Å². The van der Waals surface area contributed by atoms with Crippen molar-refractivity contribution in [2.24, 2.45) is 0 Å². The molecule has 1 aliphatic rings. The first-order valence-corrected chi connectivity index (χ1v) is 12.3. The molecule has 1 aromatic carbocycles. The number of fused-ring (bicyclic) bond motifs is 2. The minimum atomic E-state index is -0.485. The largest absolute Gasteiger partial charge is 0.371 e. The van der Waals surface area contributed by atoms with Crippen LogP contribution in [-0.4, -0.2) is 50.2 Å². The Kier molecular flexibility index (Phi) is 5.96. The Morgan fingerprint density at radius 3 is 2.66 bits per heavy atom. The molecule has 3 aromatic heterocycles. The third kappa shape index (κ3) is 4.36. The van der Waals surface area contributed by atoms with Crippen LogP contribution in [-0.2, 0) is 6.54 Å². The molecular formula is C26H32FN7O. The summed E-state index contributed by atoms with van der Waals surface area (Å²) in [6, 6.07) is 5.14. The van der Waals surface area contributed by atoms with E-state index in [9.17, 15) is 9.18 Å². The first kappa shape index (κ1) is 23.3. The molecule has 184 valence electrons. The second-order valence-corrected chi connectivity index (χ2v) is 9.60. The van der Waals surface area contributed by atoms with Gasteiger partial charge in [-0.3, -0.25) is 9.48 Å². The molecule has 5 rings (SSSR count). The van der Waals surface area contributed by atoms with Crippen molar-refractivity contribution in [2.45, 2.75) is 52.6 Å². The number of carbonyl (C=O) groups excluding carboxylic acids is 1. The summed E-state index contributed by atoms with van der Waals surface area (Å²) >= 11 is 0. The van der Waals surface area contributed by atoms with Crippen molar-refractivity contribution in [3.05, 3.63) is 53.9 Å². The lowest BCUT2D eigenvalue weighted by molar-refractivity contribution is 0.102. The van der Waals surface area contributed by atoms with Crippen molar-refractivity contribution in [2.75, 3.05) is 29.9 Å². The van der Waals surface area contributed by atoms with Gasteiger partial charge in [0.15, 0.2) is 11.5 Å². The lowest BCUT2D eigenvalue weighted by Gasteiger charge is -2.41. The van der Waals surface area contributed by atoms with Gasteiger partial charge in [0.25, 0.3) is 5.91 Å². The second kappa shape index (κ2) is 8.96. The molecule has 4 heterocycles. The molecule has 0 atom stereocenters. The normalized spacial score (nSPS) is 15.7. The third-order valence-electron chi connectivity index (χ3n) is 6.97. The van der Waals surface area contributed by atoms with E-state index in [0.29, 0.717) is 29.0 Å². The number of nitrogens with one attached hydrogen (secondary N) is 2. The molecular weight excluding hydrogens is 445 g/mol. The number of amides is 1. The lowest BCUT2D eigenvalue weighted by Crippen LogP contribution is -2.51. The minimum absolute atomic E-state index is 0.155. The molecule has 1 saturated heterocycles. The quantitative estimate of drug-likeness (QED) is 0.431. The molecule has 0 unspecified atom stereocenters. The van der Waals surface area contributed by atoms with E-state index in [1.54, 1.807) is 23.7 Å². The Balaban J connectivity index is 1.45. The monoisotopic (exact) mass is 477 g/mol. The number of imidazole rings is 1. The number of anilines is 2. The standard InChI is InChI=1S/C26H32FN7O/c1-5-28-26(4)9-11-32(12-10-26)22-8-7-19(23-20(22)16-34(6-2)31-23)25(35)30-18-13-21(27)24-29-17(3)14-33(24)15-18/h7-8,13-16,28H,5-6,9-12H2,1-4H3,(H,30,35). The highest BCUT2D eigenvalue weighted by molar-refractivity contribution is 6.13. The Morgan fingerprint density at radius 2 is 1.94 bits per heavy atom. The maximum absolute atomic E-state index is 14.5. The van der Waals surface area contributed by atoms with Crippen LogP contribution in [0.1, 0.15) is 49.7 Å². The molecule has 1 fully saturated rings. The van der Waals surface area contributed by atoms with Crippen LogP contribution in [0.15, 0.2) is 36.8 Å². The second-order valence-electron chi connectivity index (χ2n) is 9.60. The zero-order valence-electron chi connectivity index (χ0n) is 20.7. The number of nitrogens with zero attached hydrogens (tertiary/aromatic N) is 5. The number of piperidine rings is 1. The average Bonchev–Trinajstić information content (AvgIpc) is 3.42. The van der Waals surface area contributed by atoms with Gasteiger partial charge < -0.3 is 19.9 Å². The number of rotatable bonds is 6. The van der Waals surface area contributed by atoms with Gasteiger partial charge in [-0.15, -0.1) is 0 Å². The summed E-state index contributed by atoms with van der Waals surface area (Å²) in [5.41, 5.74) is 3.68. The number of hydrogen-bond acceptors (Lipinski definition) is 5. The molecule has 4 aromatic rings. The van der Waals surface area contributed by atoms with Crippen molar-refractivity contribution in [1.82, 2.24) is 24.5 Å². The Labute approximate surface area is 204 Å². The Morgan fingerprint density at radius 1 is 1.17 bits per heavy atom. The van der Waals surface area contributed by atoms with Crippen LogP contribution < -0.4 is 15.5 Å². The maximum atomic E-state index is 14.5. The molecule has 0 radical (unpaired) electrons. The molecule has 0 spiro atoms. The van der Waals surface area contributed by atoms with Crippen LogP contribution in [0.2, 0.25) is 0 Å². The average molecular weight is 478 g/mol. The van der Waals surface area contributed by atoms with Crippen LogP contribution in [0.3, 0.4) is 0 Å². The van der Waals surface area contributed by atoms with Crippen molar-refractivity contribution < 1.29 is 9.18 Å². The van der Waals surface area contributed by atoms with Gasteiger partial charge in [-0.25, -0.2) is 9.37 Å². The Bertz CT molecular complexity index is 1400. The van der Waals surface area contributed by atoms with Gasteiger partial charge in [0.1, 0.15) is 5.52 Å². The fourth-order valence-electron chi connectivity index (χ4n) is 5.05. The fourth-order valence-corrected chi connectivity index (χ4v) is 5.05. The maximum Gasteiger partial charge on any atom is 0.257 e. The number of halogens is 1. The summed E-state index contributed by atoms with van der Waals surface area (Å²) in [6.45, 7) is 11.8. The topological polar surface area (TPSA) is 79.5 Å². The number of carbonyl (C=O) groups is 1. The molecule has 8 nitrogen and oxygen atoms in total. The van der Waals surface area contributed by atoms with Crippen molar-refractivity contribution in [1.29, 1.82) is 0 Å². The van der Waals surface area contributed by atoms with Gasteiger partial charge in [0.05, 0.1) is 16.9 Å². The van der Waals surface area contributed by atoms with E-state index in [4.69, 9.17) is 5.10 Å². The lowest BCUT2D eigenvalue weighted by atomic mass is 9.89. The summed E-state index contributed by atoms with van der Waals surface area (Å²) in [5.74, 6) is -0.807. The van der Waals surface area contributed by atoms with Crippen molar-refractivity contribution >= 4 is 33.8 Å². The summed E-state index contributed by atoms with van der Waals surface area (Å²) < 4.78 is 18.0. The van der Waals surface area contributed by atoms with Crippen molar-refractivity contribution in [3.8, 4) is 0 Å². The predicted molar refractivity (Wildman–Crippen MR) is 137 cm³/mol. The number of hydrogen-bond donors (Lipinski definition) is 2. The van der Waals surface area contributed by atoms with Crippen LogP contribution in [0.25, 0.3) is 16.6 Å². The van der Waals surface area contributed by atoms with Gasteiger partial charge in [-0.05, 0) is 52.3 Å². The smallest absolute Gasteiger partial charge is 0.257 e. The van der Waals surface area contributed by atoms with Gasteiger partial charge >= 0.3 is 0 Å². The van der Waals surface area contributed by atoms with Crippen LogP contribution >= 0.6 is 0 Å². The summed E-state index contributed by atoms with van der Waals surface area (Å²) in [4.78, 5) is 19.8. The highest BCUT2D eigenvalue weighted by Gasteiger charge is 2.30. The zero-order chi connectivity index (χ0) is 24.7. The first-order valence-electron chi connectivity index (χ1n) is 12.3.